The van der Waals surface area contributed by atoms with Crippen molar-refractivity contribution < 1.29 is 4.79 Å². The van der Waals surface area contributed by atoms with Crippen molar-refractivity contribution in [1.29, 1.82) is 0 Å². The molecule has 1 N–H and O–H groups in total. The summed E-state index contributed by atoms with van der Waals surface area (Å²) in [5.41, 5.74) is 1.92. The molecule has 5 heteroatoms. The van der Waals surface area contributed by atoms with E-state index < -0.39 is 0 Å². The molecule has 2 aromatic heterocycles. The van der Waals surface area contributed by atoms with Crippen LogP contribution in [0, 0.1) is 0 Å². The van der Waals surface area contributed by atoms with Gasteiger partial charge in [-0.1, -0.05) is 17.7 Å². The Morgan fingerprint density at radius 3 is 2.85 bits per heavy atom. The highest BCUT2D eigenvalue weighted by Gasteiger charge is 2.11. The third-order valence-corrected chi connectivity index (χ3v) is 3.21. The molecule has 3 aromatic rings. The summed E-state index contributed by atoms with van der Waals surface area (Å²) in [5, 5.41) is 4.06. The average Bonchev–Trinajstić information content (AvgIpc) is 2.48. The third-order valence-electron chi connectivity index (χ3n) is 2.91. The highest BCUT2D eigenvalue weighted by molar-refractivity contribution is 6.34. The zero-order valence-corrected chi connectivity index (χ0v) is 11.1. The summed E-state index contributed by atoms with van der Waals surface area (Å²) in [6.45, 7) is 0. The number of amides is 1. The maximum atomic E-state index is 12.2. The first-order valence-electron chi connectivity index (χ1n) is 6.00. The Morgan fingerprint density at radius 1 is 1.10 bits per heavy atom. The zero-order chi connectivity index (χ0) is 13.9. The number of halogens is 1. The zero-order valence-electron chi connectivity index (χ0n) is 10.4. The van der Waals surface area contributed by atoms with Crippen LogP contribution in [0.15, 0.2) is 55.0 Å². The van der Waals surface area contributed by atoms with Crippen LogP contribution in [0.25, 0.3) is 10.9 Å². The Bertz CT molecular complexity index is 783. The highest BCUT2D eigenvalue weighted by atomic mass is 35.5. The first-order chi connectivity index (χ1) is 9.75. The van der Waals surface area contributed by atoms with E-state index in [2.05, 4.69) is 15.3 Å². The summed E-state index contributed by atoms with van der Waals surface area (Å²) in [7, 11) is 0. The first-order valence-corrected chi connectivity index (χ1v) is 6.38. The van der Waals surface area contributed by atoms with Crippen LogP contribution in [0.5, 0.6) is 0 Å². The molecule has 0 radical (unpaired) electrons. The van der Waals surface area contributed by atoms with E-state index in [1.807, 2.05) is 30.3 Å². The van der Waals surface area contributed by atoms with Gasteiger partial charge in [-0.2, -0.15) is 0 Å². The fourth-order valence-electron chi connectivity index (χ4n) is 1.96. The van der Waals surface area contributed by atoms with Crippen LogP contribution in [-0.4, -0.2) is 15.9 Å². The summed E-state index contributed by atoms with van der Waals surface area (Å²) in [6.07, 6.45) is 4.69. The normalized spacial score (nSPS) is 10.4. The molecule has 0 bridgehead atoms. The predicted molar refractivity (Wildman–Crippen MR) is 78.9 cm³/mol. The van der Waals surface area contributed by atoms with Gasteiger partial charge in [-0.3, -0.25) is 14.8 Å². The van der Waals surface area contributed by atoms with Crippen molar-refractivity contribution in [3.8, 4) is 0 Å². The monoisotopic (exact) mass is 283 g/mol. The van der Waals surface area contributed by atoms with Gasteiger partial charge in [0.05, 0.1) is 21.8 Å². The number of rotatable bonds is 2. The van der Waals surface area contributed by atoms with Gasteiger partial charge in [0.1, 0.15) is 0 Å². The van der Waals surface area contributed by atoms with Crippen LogP contribution < -0.4 is 5.32 Å². The number of nitrogens with one attached hydrogen (secondary N) is 1. The summed E-state index contributed by atoms with van der Waals surface area (Å²) in [6, 6.07) is 10.9. The fourth-order valence-corrected chi connectivity index (χ4v) is 2.17. The van der Waals surface area contributed by atoms with Crippen LogP contribution in [0.2, 0.25) is 5.02 Å². The second-order valence-corrected chi connectivity index (χ2v) is 4.59. The van der Waals surface area contributed by atoms with E-state index in [0.29, 0.717) is 16.3 Å². The number of hydrogen-bond acceptors (Lipinski definition) is 3. The molecule has 4 nitrogen and oxygen atoms in total. The van der Waals surface area contributed by atoms with Crippen LogP contribution in [0.1, 0.15) is 10.4 Å². The van der Waals surface area contributed by atoms with Gasteiger partial charge in [0, 0.05) is 24.0 Å². The SMILES string of the molecule is O=C(Nc1cccc2ncccc12)c1ccncc1Cl. The lowest BCUT2D eigenvalue weighted by Crippen LogP contribution is -2.12. The number of carbonyl (C=O) groups excluding carboxylic acids is 1. The van der Waals surface area contributed by atoms with E-state index in [0.717, 1.165) is 10.9 Å². The second kappa shape index (κ2) is 5.27. The molecule has 20 heavy (non-hydrogen) atoms. The number of carbonyl (C=O) groups is 1. The van der Waals surface area contributed by atoms with Crippen molar-refractivity contribution in [2.24, 2.45) is 0 Å². The molecule has 0 atom stereocenters. The van der Waals surface area contributed by atoms with Crippen molar-refractivity contribution in [2.75, 3.05) is 5.32 Å². The topological polar surface area (TPSA) is 54.9 Å². The number of pyridine rings is 2. The summed E-state index contributed by atoms with van der Waals surface area (Å²) in [4.78, 5) is 20.3. The van der Waals surface area contributed by atoms with Gasteiger partial charge < -0.3 is 5.32 Å². The van der Waals surface area contributed by atoms with Crippen molar-refractivity contribution in [2.45, 2.75) is 0 Å². The predicted octanol–water partition coefficient (Wildman–Crippen LogP) is 3.54. The lowest BCUT2D eigenvalue weighted by Gasteiger charge is -2.08. The van der Waals surface area contributed by atoms with Gasteiger partial charge in [0.15, 0.2) is 0 Å². The average molecular weight is 284 g/mol. The number of anilines is 1. The molecule has 2 heterocycles. The molecule has 1 aromatic carbocycles. The number of hydrogen-bond donors (Lipinski definition) is 1. The van der Waals surface area contributed by atoms with Crippen LogP contribution in [0.3, 0.4) is 0 Å². The molecule has 1 amide bonds. The van der Waals surface area contributed by atoms with Gasteiger partial charge in [-0.25, -0.2) is 0 Å². The highest BCUT2D eigenvalue weighted by Crippen LogP contribution is 2.23. The lowest BCUT2D eigenvalue weighted by molar-refractivity contribution is 0.102. The summed E-state index contributed by atoms with van der Waals surface area (Å²) in [5.74, 6) is -0.270. The van der Waals surface area contributed by atoms with E-state index in [4.69, 9.17) is 11.6 Å². The quantitative estimate of drug-likeness (QED) is 0.783. The van der Waals surface area contributed by atoms with Crippen molar-refractivity contribution in [1.82, 2.24) is 9.97 Å². The minimum atomic E-state index is -0.270. The Morgan fingerprint density at radius 2 is 2.00 bits per heavy atom. The van der Waals surface area contributed by atoms with E-state index in [9.17, 15) is 4.79 Å². The number of fused-ring (bicyclic) bond motifs is 1. The van der Waals surface area contributed by atoms with Gasteiger partial charge in [-0.15, -0.1) is 0 Å². The lowest BCUT2D eigenvalue weighted by atomic mass is 10.1. The maximum Gasteiger partial charge on any atom is 0.257 e. The minimum Gasteiger partial charge on any atom is -0.321 e. The first kappa shape index (κ1) is 12.6. The summed E-state index contributed by atoms with van der Waals surface area (Å²) >= 11 is 5.97. The molecule has 0 fully saturated rings. The maximum absolute atomic E-state index is 12.2. The van der Waals surface area contributed by atoms with E-state index in [-0.39, 0.29) is 5.91 Å². The van der Waals surface area contributed by atoms with Crippen molar-refractivity contribution in [3.63, 3.8) is 0 Å². The minimum absolute atomic E-state index is 0.270. The number of benzene rings is 1. The van der Waals surface area contributed by atoms with E-state index in [1.54, 1.807) is 12.3 Å². The third kappa shape index (κ3) is 2.33. The van der Waals surface area contributed by atoms with Crippen molar-refractivity contribution >= 4 is 34.1 Å². The summed E-state index contributed by atoms with van der Waals surface area (Å²) < 4.78 is 0. The Kier molecular flexibility index (Phi) is 3.31. The largest absolute Gasteiger partial charge is 0.321 e. The molecule has 0 aliphatic rings. The van der Waals surface area contributed by atoms with Crippen molar-refractivity contribution in [3.05, 3.63) is 65.6 Å². The molecule has 0 aliphatic heterocycles. The molecular weight excluding hydrogens is 274 g/mol. The van der Waals surface area contributed by atoms with Gasteiger partial charge in [0.25, 0.3) is 5.91 Å². The van der Waals surface area contributed by atoms with E-state index in [1.165, 1.54) is 12.4 Å². The Labute approximate surface area is 120 Å². The molecule has 0 saturated heterocycles. The molecule has 98 valence electrons. The van der Waals surface area contributed by atoms with Gasteiger partial charge in [0.2, 0.25) is 0 Å². The molecule has 3 rings (SSSR count). The number of aromatic nitrogens is 2. The van der Waals surface area contributed by atoms with Gasteiger partial charge in [-0.05, 0) is 30.3 Å². The van der Waals surface area contributed by atoms with Crippen LogP contribution in [0.4, 0.5) is 5.69 Å². The molecule has 0 aliphatic carbocycles. The molecule has 0 saturated carbocycles. The van der Waals surface area contributed by atoms with Crippen LogP contribution in [-0.2, 0) is 0 Å². The second-order valence-electron chi connectivity index (χ2n) is 4.19. The fraction of sp³-hybridized carbons (Fsp3) is 0. The Balaban J connectivity index is 1.98. The van der Waals surface area contributed by atoms with Gasteiger partial charge >= 0.3 is 0 Å². The number of nitrogens with zero attached hydrogens (tertiary/aromatic N) is 2. The standard InChI is InChI=1S/C15H10ClN3O/c16-12-9-17-8-6-10(12)15(20)19-14-5-1-4-13-11(14)3-2-7-18-13/h1-9H,(H,19,20). The molecule has 0 spiro atoms. The molecular formula is C15H10ClN3O. The van der Waals surface area contributed by atoms with Crippen LogP contribution >= 0.6 is 11.6 Å². The molecule has 0 unspecified atom stereocenters. The Hall–Kier alpha value is -2.46. The smallest absolute Gasteiger partial charge is 0.257 e. The van der Waals surface area contributed by atoms with E-state index >= 15 is 0 Å².